The smallest absolute Gasteiger partial charge is 0.317 e. The minimum atomic E-state index is -0.855. The highest BCUT2D eigenvalue weighted by molar-refractivity contribution is 5.74. The average molecular weight is 339 g/mol. The summed E-state index contributed by atoms with van der Waals surface area (Å²) in [6, 6.07) is 4.14. The van der Waals surface area contributed by atoms with Crippen LogP contribution in [-0.2, 0) is 11.2 Å². The van der Waals surface area contributed by atoms with Gasteiger partial charge in [0.2, 0.25) is 0 Å². The van der Waals surface area contributed by atoms with Crippen molar-refractivity contribution in [2.24, 2.45) is 0 Å². The number of rotatable bonds is 4. The Bertz CT molecular complexity index is 579. The van der Waals surface area contributed by atoms with E-state index in [4.69, 9.17) is 4.74 Å². The van der Waals surface area contributed by atoms with Gasteiger partial charge in [-0.3, -0.25) is 4.90 Å². The van der Waals surface area contributed by atoms with Crippen molar-refractivity contribution in [2.75, 3.05) is 45.9 Å². The zero-order valence-electron chi connectivity index (χ0n) is 13.6. The van der Waals surface area contributed by atoms with Gasteiger partial charge in [0.05, 0.1) is 13.2 Å². The molecule has 132 valence electrons. The summed E-state index contributed by atoms with van der Waals surface area (Å²) in [5, 5.41) is 2.86. The van der Waals surface area contributed by atoms with E-state index in [1.165, 1.54) is 12.1 Å². The molecule has 0 saturated carbocycles. The number of hydrogen-bond donors (Lipinski definition) is 1. The van der Waals surface area contributed by atoms with Crippen LogP contribution < -0.4 is 5.32 Å². The second-order valence-electron chi connectivity index (χ2n) is 6.27. The normalized spacial score (nSPS) is 21.9. The molecule has 0 radical (unpaired) electrons. The molecule has 0 spiro atoms. The van der Waals surface area contributed by atoms with Crippen molar-refractivity contribution in [3.8, 4) is 0 Å². The van der Waals surface area contributed by atoms with Crippen LogP contribution in [0.2, 0.25) is 0 Å². The van der Waals surface area contributed by atoms with Crippen LogP contribution in [0.4, 0.5) is 13.6 Å². The summed E-state index contributed by atoms with van der Waals surface area (Å²) in [5.74, 6) is -1.71. The summed E-state index contributed by atoms with van der Waals surface area (Å²) >= 11 is 0. The Morgan fingerprint density at radius 1 is 1.21 bits per heavy atom. The average Bonchev–Trinajstić information content (AvgIpc) is 3.09. The first-order valence-electron chi connectivity index (χ1n) is 8.42. The quantitative estimate of drug-likeness (QED) is 0.907. The summed E-state index contributed by atoms with van der Waals surface area (Å²) in [6.07, 6.45) is 1.46. The molecular formula is C17H23F2N3O2. The second kappa shape index (κ2) is 7.90. The Labute approximate surface area is 140 Å². The molecule has 2 saturated heterocycles. The summed E-state index contributed by atoms with van der Waals surface area (Å²) < 4.78 is 31.4. The first-order chi connectivity index (χ1) is 11.6. The minimum absolute atomic E-state index is 0.0895. The topological polar surface area (TPSA) is 44.8 Å². The van der Waals surface area contributed by atoms with Gasteiger partial charge in [0.15, 0.2) is 11.6 Å². The molecule has 1 aromatic carbocycles. The minimum Gasteiger partial charge on any atom is -0.379 e. The van der Waals surface area contributed by atoms with E-state index in [1.807, 2.05) is 4.90 Å². The van der Waals surface area contributed by atoms with Crippen molar-refractivity contribution >= 4 is 6.03 Å². The van der Waals surface area contributed by atoms with E-state index in [-0.39, 0.29) is 6.03 Å². The van der Waals surface area contributed by atoms with Crippen molar-refractivity contribution in [1.29, 1.82) is 0 Å². The number of nitrogens with zero attached hydrogens (tertiary/aromatic N) is 2. The third-order valence-corrected chi connectivity index (χ3v) is 4.69. The van der Waals surface area contributed by atoms with E-state index >= 15 is 0 Å². The zero-order valence-corrected chi connectivity index (χ0v) is 13.6. The van der Waals surface area contributed by atoms with Crippen molar-refractivity contribution in [3.05, 3.63) is 35.4 Å². The molecule has 1 atom stereocenters. The van der Waals surface area contributed by atoms with Crippen molar-refractivity contribution in [2.45, 2.75) is 18.9 Å². The van der Waals surface area contributed by atoms with Gasteiger partial charge >= 0.3 is 6.03 Å². The molecule has 2 aliphatic rings. The van der Waals surface area contributed by atoms with Crippen molar-refractivity contribution in [1.82, 2.24) is 15.1 Å². The van der Waals surface area contributed by atoms with Gasteiger partial charge in [-0.2, -0.15) is 0 Å². The lowest BCUT2D eigenvalue weighted by molar-refractivity contribution is 0.0191. The molecule has 2 aliphatic heterocycles. The highest BCUT2D eigenvalue weighted by Gasteiger charge is 2.30. The fourth-order valence-electron chi connectivity index (χ4n) is 3.29. The summed E-state index contributed by atoms with van der Waals surface area (Å²) in [4.78, 5) is 16.4. The number of hydrogen-bond acceptors (Lipinski definition) is 3. The number of urea groups is 1. The first-order valence-corrected chi connectivity index (χ1v) is 8.42. The lowest BCUT2D eigenvalue weighted by Gasteiger charge is -2.32. The molecule has 2 heterocycles. The van der Waals surface area contributed by atoms with Crippen LogP contribution in [0.5, 0.6) is 0 Å². The number of halogens is 2. The van der Waals surface area contributed by atoms with E-state index in [2.05, 4.69) is 10.2 Å². The van der Waals surface area contributed by atoms with Gasteiger partial charge in [-0.1, -0.05) is 6.07 Å². The fraction of sp³-hybridized carbons (Fsp3) is 0.588. The molecule has 24 heavy (non-hydrogen) atoms. The number of likely N-dealkylation sites (tertiary alicyclic amines) is 1. The monoisotopic (exact) mass is 339 g/mol. The van der Waals surface area contributed by atoms with Crippen molar-refractivity contribution < 1.29 is 18.3 Å². The third-order valence-electron chi connectivity index (χ3n) is 4.69. The lowest BCUT2D eigenvalue weighted by atomic mass is 10.1. The summed E-state index contributed by atoms with van der Waals surface area (Å²) in [7, 11) is 0. The highest BCUT2D eigenvalue weighted by atomic mass is 19.2. The summed E-state index contributed by atoms with van der Waals surface area (Å²) in [5.41, 5.74) is 0.668. The van der Waals surface area contributed by atoms with Gasteiger partial charge in [0, 0.05) is 38.8 Å². The summed E-state index contributed by atoms with van der Waals surface area (Å²) in [6.45, 7) is 5.26. The SMILES string of the molecule is O=C(NCCc1ccc(F)c(F)c1)N1CC[C@H](N2CCOCC2)C1. The second-order valence-corrected chi connectivity index (χ2v) is 6.27. The third kappa shape index (κ3) is 4.21. The highest BCUT2D eigenvalue weighted by Crippen LogP contribution is 2.17. The molecule has 5 nitrogen and oxygen atoms in total. The molecule has 7 heteroatoms. The Morgan fingerprint density at radius 3 is 2.75 bits per heavy atom. The maximum Gasteiger partial charge on any atom is 0.317 e. The van der Waals surface area contributed by atoms with Gasteiger partial charge < -0.3 is 15.0 Å². The molecule has 1 aromatic rings. The van der Waals surface area contributed by atoms with Gasteiger partial charge in [-0.15, -0.1) is 0 Å². The standard InChI is InChI=1S/C17H23F2N3O2/c18-15-2-1-13(11-16(15)19)3-5-20-17(23)22-6-4-14(12-22)21-7-9-24-10-8-21/h1-2,11,14H,3-10,12H2,(H,20,23)/t14-/m0/s1. The molecule has 0 bridgehead atoms. The van der Waals surface area contributed by atoms with Crippen LogP contribution >= 0.6 is 0 Å². The van der Waals surface area contributed by atoms with E-state index in [1.54, 1.807) is 0 Å². The largest absolute Gasteiger partial charge is 0.379 e. The van der Waals surface area contributed by atoms with Crippen LogP contribution in [-0.4, -0.2) is 67.8 Å². The number of amides is 2. The molecule has 2 amide bonds. The molecule has 0 unspecified atom stereocenters. The van der Waals surface area contributed by atoms with Crippen molar-refractivity contribution in [3.63, 3.8) is 0 Å². The van der Waals surface area contributed by atoms with Gasteiger partial charge in [-0.05, 0) is 30.5 Å². The predicted octanol–water partition coefficient (Wildman–Crippen LogP) is 1.62. The molecular weight excluding hydrogens is 316 g/mol. The molecule has 1 N–H and O–H groups in total. The Balaban J connectivity index is 1.41. The Morgan fingerprint density at radius 2 is 2.00 bits per heavy atom. The van der Waals surface area contributed by atoms with Crippen LogP contribution in [0.1, 0.15) is 12.0 Å². The van der Waals surface area contributed by atoms with Crippen LogP contribution in [0.3, 0.4) is 0 Å². The van der Waals surface area contributed by atoms with Crippen LogP contribution in [0, 0.1) is 11.6 Å². The lowest BCUT2D eigenvalue weighted by Crippen LogP contribution is -2.46. The number of benzene rings is 1. The zero-order chi connectivity index (χ0) is 16.9. The first kappa shape index (κ1) is 17.1. The van der Waals surface area contributed by atoms with E-state index in [9.17, 15) is 13.6 Å². The molecule has 0 aromatic heterocycles. The number of nitrogens with one attached hydrogen (secondary N) is 1. The Hall–Kier alpha value is -1.73. The predicted molar refractivity (Wildman–Crippen MR) is 85.8 cm³/mol. The van der Waals surface area contributed by atoms with E-state index in [0.29, 0.717) is 24.6 Å². The maximum atomic E-state index is 13.1. The van der Waals surface area contributed by atoms with E-state index in [0.717, 1.165) is 51.9 Å². The van der Waals surface area contributed by atoms with Gasteiger partial charge in [0.1, 0.15) is 0 Å². The van der Waals surface area contributed by atoms with Crippen LogP contribution in [0.15, 0.2) is 18.2 Å². The number of carbonyl (C=O) groups is 1. The Kier molecular flexibility index (Phi) is 5.63. The maximum absolute atomic E-state index is 13.1. The number of morpholine rings is 1. The number of ether oxygens (including phenoxy) is 1. The van der Waals surface area contributed by atoms with Crippen LogP contribution in [0.25, 0.3) is 0 Å². The van der Waals surface area contributed by atoms with Gasteiger partial charge in [0.25, 0.3) is 0 Å². The van der Waals surface area contributed by atoms with Gasteiger partial charge in [-0.25, -0.2) is 13.6 Å². The molecule has 3 rings (SSSR count). The molecule has 2 fully saturated rings. The number of carbonyl (C=O) groups excluding carboxylic acids is 1. The fourth-order valence-corrected chi connectivity index (χ4v) is 3.29. The molecule has 0 aliphatic carbocycles. The van der Waals surface area contributed by atoms with E-state index < -0.39 is 11.6 Å².